The first-order valence-corrected chi connectivity index (χ1v) is 10.5. The van der Waals surface area contributed by atoms with Gasteiger partial charge in [-0.25, -0.2) is 0 Å². The van der Waals surface area contributed by atoms with Gasteiger partial charge >= 0.3 is 0 Å². The Kier molecular flexibility index (Phi) is 6.94. The summed E-state index contributed by atoms with van der Waals surface area (Å²) in [5.74, 6) is 0.859. The monoisotopic (exact) mass is 346 g/mol. The lowest BCUT2D eigenvalue weighted by atomic mass is 9.85. The van der Waals surface area contributed by atoms with E-state index in [0.717, 1.165) is 51.5 Å². The molecular weight excluding hydrogens is 312 g/mol. The molecule has 4 heteroatoms. The van der Waals surface area contributed by atoms with Gasteiger partial charge in [-0.2, -0.15) is 0 Å². The van der Waals surface area contributed by atoms with Gasteiger partial charge in [0.05, 0.1) is 0 Å². The fourth-order valence-electron chi connectivity index (χ4n) is 4.63. The van der Waals surface area contributed by atoms with Gasteiger partial charge in [-0.1, -0.05) is 24.5 Å². The van der Waals surface area contributed by atoms with E-state index in [0.29, 0.717) is 0 Å². The van der Waals surface area contributed by atoms with Crippen molar-refractivity contribution in [1.29, 1.82) is 0 Å². The number of amides is 2. The van der Waals surface area contributed by atoms with Gasteiger partial charge in [-0.15, -0.1) is 0 Å². The van der Waals surface area contributed by atoms with E-state index in [1.54, 1.807) is 0 Å². The molecule has 2 amide bonds. The maximum Gasteiger partial charge on any atom is 0.223 e. The molecular formula is C21H34N2O2. The summed E-state index contributed by atoms with van der Waals surface area (Å²) in [6.07, 6.45) is 16.6. The Morgan fingerprint density at radius 2 is 1.60 bits per heavy atom. The van der Waals surface area contributed by atoms with Crippen LogP contribution < -0.4 is 10.6 Å². The van der Waals surface area contributed by atoms with Crippen LogP contribution in [-0.4, -0.2) is 24.4 Å². The van der Waals surface area contributed by atoms with E-state index >= 15 is 0 Å². The summed E-state index contributed by atoms with van der Waals surface area (Å²) < 4.78 is 0. The fourth-order valence-corrected chi connectivity index (χ4v) is 4.63. The third kappa shape index (κ3) is 5.58. The number of hydrogen-bond acceptors (Lipinski definition) is 2. The average Bonchev–Trinajstić information content (AvgIpc) is 3.18. The second kappa shape index (κ2) is 9.40. The Morgan fingerprint density at radius 1 is 0.880 bits per heavy atom. The molecule has 3 aliphatic rings. The Hall–Kier alpha value is -1.32. The molecule has 0 aromatic heterocycles. The van der Waals surface area contributed by atoms with Crippen LogP contribution in [-0.2, 0) is 9.59 Å². The van der Waals surface area contributed by atoms with Gasteiger partial charge in [0.15, 0.2) is 0 Å². The summed E-state index contributed by atoms with van der Waals surface area (Å²) in [7, 11) is 0. The van der Waals surface area contributed by atoms with Gasteiger partial charge in [0.1, 0.15) is 0 Å². The highest BCUT2D eigenvalue weighted by Gasteiger charge is 2.29. The minimum absolute atomic E-state index is 0.139. The first-order valence-electron chi connectivity index (χ1n) is 10.5. The molecule has 3 aliphatic carbocycles. The highest BCUT2D eigenvalue weighted by molar-refractivity contribution is 5.80. The van der Waals surface area contributed by atoms with Crippen LogP contribution in [0.15, 0.2) is 11.6 Å². The summed E-state index contributed by atoms with van der Waals surface area (Å²) in [5.41, 5.74) is 1.52. The number of carbonyl (C=O) groups is 2. The zero-order valence-electron chi connectivity index (χ0n) is 15.5. The lowest BCUT2D eigenvalue weighted by molar-refractivity contribution is -0.126. The number of allylic oxidation sites excluding steroid dienone is 1. The molecule has 2 N–H and O–H groups in total. The first kappa shape index (κ1) is 18.5. The van der Waals surface area contributed by atoms with Crippen molar-refractivity contribution < 1.29 is 9.59 Å². The highest BCUT2D eigenvalue weighted by Crippen LogP contribution is 2.28. The molecule has 2 fully saturated rings. The molecule has 140 valence electrons. The van der Waals surface area contributed by atoms with E-state index < -0.39 is 0 Å². The standard InChI is InChI=1S/C21H34N2O2/c24-20(22-15-14-16-6-2-1-3-7-16)18-10-12-19(13-11-18)23-21(25)17-8-4-5-9-17/h6,17-19H,1-5,7-15H2,(H,22,24)(H,23,25). The van der Waals surface area contributed by atoms with E-state index in [1.807, 2.05) is 0 Å². The minimum Gasteiger partial charge on any atom is -0.356 e. The largest absolute Gasteiger partial charge is 0.356 e. The maximum atomic E-state index is 12.4. The molecule has 0 aliphatic heterocycles. The lowest BCUT2D eigenvalue weighted by Crippen LogP contribution is -2.42. The number of hydrogen-bond donors (Lipinski definition) is 2. The van der Waals surface area contributed by atoms with Crippen LogP contribution in [0.1, 0.15) is 83.5 Å². The van der Waals surface area contributed by atoms with Gasteiger partial charge in [0, 0.05) is 24.4 Å². The Balaban J connectivity index is 1.31. The maximum absolute atomic E-state index is 12.4. The van der Waals surface area contributed by atoms with Crippen molar-refractivity contribution in [3.63, 3.8) is 0 Å². The molecule has 0 radical (unpaired) electrons. The van der Waals surface area contributed by atoms with Crippen LogP contribution in [0.4, 0.5) is 0 Å². The van der Waals surface area contributed by atoms with Crippen molar-refractivity contribution in [3.8, 4) is 0 Å². The molecule has 0 saturated heterocycles. The van der Waals surface area contributed by atoms with Crippen LogP contribution in [0.5, 0.6) is 0 Å². The molecule has 0 unspecified atom stereocenters. The van der Waals surface area contributed by atoms with Crippen molar-refractivity contribution in [2.75, 3.05) is 6.54 Å². The van der Waals surface area contributed by atoms with E-state index in [9.17, 15) is 9.59 Å². The van der Waals surface area contributed by atoms with Crippen LogP contribution in [0.25, 0.3) is 0 Å². The molecule has 0 bridgehead atoms. The minimum atomic E-state index is 0.139. The second-order valence-electron chi connectivity index (χ2n) is 8.19. The number of nitrogens with one attached hydrogen (secondary N) is 2. The molecule has 0 heterocycles. The molecule has 4 nitrogen and oxygen atoms in total. The average molecular weight is 347 g/mol. The van der Waals surface area contributed by atoms with Gasteiger partial charge < -0.3 is 10.6 Å². The molecule has 2 saturated carbocycles. The number of rotatable bonds is 6. The first-order chi connectivity index (χ1) is 12.2. The highest BCUT2D eigenvalue weighted by atomic mass is 16.2. The summed E-state index contributed by atoms with van der Waals surface area (Å²) in [6, 6.07) is 0.282. The lowest BCUT2D eigenvalue weighted by Gasteiger charge is -2.29. The van der Waals surface area contributed by atoms with Gasteiger partial charge in [-0.3, -0.25) is 9.59 Å². The predicted octanol–water partition coefficient (Wildman–Crippen LogP) is 3.86. The van der Waals surface area contributed by atoms with Gasteiger partial charge in [0.25, 0.3) is 0 Å². The second-order valence-corrected chi connectivity index (χ2v) is 8.19. The third-order valence-electron chi connectivity index (χ3n) is 6.30. The van der Waals surface area contributed by atoms with Gasteiger partial charge in [-0.05, 0) is 70.6 Å². The molecule has 0 aromatic rings. The van der Waals surface area contributed by atoms with Crippen LogP contribution in [0.3, 0.4) is 0 Å². The zero-order chi connectivity index (χ0) is 17.5. The van der Waals surface area contributed by atoms with Crippen molar-refractivity contribution in [2.24, 2.45) is 11.8 Å². The van der Waals surface area contributed by atoms with Crippen LogP contribution in [0, 0.1) is 11.8 Å². The summed E-state index contributed by atoms with van der Waals surface area (Å²) in [4.78, 5) is 24.6. The molecule has 0 atom stereocenters. The van der Waals surface area contributed by atoms with E-state index in [4.69, 9.17) is 0 Å². The van der Waals surface area contributed by atoms with Crippen molar-refractivity contribution in [2.45, 2.75) is 89.5 Å². The Morgan fingerprint density at radius 3 is 2.28 bits per heavy atom. The molecule has 0 aromatic carbocycles. The van der Waals surface area contributed by atoms with E-state index in [-0.39, 0.29) is 29.7 Å². The molecule has 3 rings (SSSR count). The van der Waals surface area contributed by atoms with E-state index in [1.165, 1.54) is 44.1 Å². The van der Waals surface area contributed by atoms with E-state index in [2.05, 4.69) is 16.7 Å². The zero-order valence-corrected chi connectivity index (χ0v) is 15.5. The van der Waals surface area contributed by atoms with Crippen LogP contribution >= 0.6 is 0 Å². The third-order valence-corrected chi connectivity index (χ3v) is 6.30. The van der Waals surface area contributed by atoms with Crippen molar-refractivity contribution in [3.05, 3.63) is 11.6 Å². The fraction of sp³-hybridized carbons (Fsp3) is 0.810. The smallest absolute Gasteiger partial charge is 0.223 e. The number of carbonyl (C=O) groups excluding carboxylic acids is 2. The SMILES string of the molecule is O=C(NCCC1=CCCCC1)C1CCC(NC(=O)C2CCCC2)CC1. The topological polar surface area (TPSA) is 58.2 Å². The van der Waals surface area contributed by atoms with Crippen molar-refractivity contribution in [1.82, 2.24) is 10.6 Å². The molecule has 0 spiro atoms. The van der Waals surface area contributed by atoms with Crippen molar-refractivity contribution >= 4 is 11.8 Å². The predicted molar refractivity (Wildman–Crippen MR) is 100 cm³/mol. The Bertz CT molecular complexity index is 486. The van der Waals surface area contributed by atoms with Gasteiger partial charge in [0.2, 0.25) is 11.8 Å². The summed E-state index contributed by atoms with van der Waals surface area (Å²) in [6.45, 7) is 0.781. The quantitative estimate of drug-likeness (QED) is 0.718. The van der Waals surface area contributed by atoms with Crippen LogP contribution in [0.2, 0.25) is 0 Å². The normalized spacial score (nSPS) is 27.6. The Labute approximate surface area is 152 Å². The summed E-state index contributed by atoms with van der Waals surface area (Å²) in [5, 5.41) is 6.36. The summed E-state index contributed by atoms with van der Waals surface area (Å²) >= 11 is 0. The molecule has 25 heavy (non-hydrogen) atoms.